The van der Waals surface area contributed by atoms with Gasteiger partial charge in [-0.05, 0) is 17.7 Å². The van der Waals surface area contributed by atoms with E-state index in [4.69, 9.17) is 0 Å². The lowest BCUT2D eigenvalue weighted by atomic mass is 10.2. The van der Waals surface area contributed by atoms with E-state index in [0.29, 0.717) is 5.56 Å². The second-order valence-electron chi connectivity index (χ2n) is 3.29. The fraction of sp³-hybridized carbons (Fsp3) is 0.400. The molecule has 0 saturated heterocycles. The van der Waals surface area contributed by atoms with Gasteiger partial charge in [-0.3, -0.25) is 0 Å². The third-order valence-corrected chi connectivity index (χ3v) is 1.92. The number of nitrogens with one attached hydrogen (secondary N) is 1. The van der Waals surface area contributed by atoms with Gasteiger partial charge in [0.2, 0.25) is 0 Å². The molecule has 1 aromatic carbocycles. The zero-order valence-corrected chi connectivity index (χ0v) is 8.19. The molecule has 0 bridgehead atoms. The summed E-state index contributed by atoms with van der Waals surface area (Å²) >= 11 is 0. The van der Waals surface area contributed by atoms with E-state index in [-0.39, 0.29) is 6.54 Å². The van der Waals surface area contributed by atoms with Crippen LogP contribution in [0.5, 0.6) is 0 Å². The maximum atomic E-state index is 12.5. The van der Waals surface area contributed by atoms with Crippen LogP contribution in [-0.2, 0) is 6.54 Å². The van der Waals surface area contributed by atoms with Gasteiger partial charge < -0.3 is 5.32 Å². The topological polar surface area (TPSA) is 12.0 Å². The first-order chi connectivity index (χ1) is 7.42. The second-order valence-corrected chi connectivity index (χ2v) is 3.29. The lowest BCUT2D eigenvalue weighted by Gasteiger charge is -2.15. The number of hydrogen-bond donors (Lipinski definition) is 1. The molecule has 6 heteroatoms. The minimum absolute atomic E-state index is 0.0113. The summed E-state index contributed by atoms with van der Waals surface area (Å²) in [6.07, 6.45) is -3.69. The molecule has 1 N–H and O–H groups in total. The van der Waals surface area contributed by atoms with E-state index < -0.39 is 24.7 Å². The van der Waals surface area contributed by atoms with Crippen LogP contribution < -0.4 is 5.32 Å². The maximum absolute atomic E-state index is 12.5. The summed E-state index contributed by atoms with van der Waals surface area (Å²) < 4.78 is 60.8. The number of benzene rings is 1. The molecule has 0 saturated carbocycles. The molecule has 1 aromatic rings. The molecule has 0 radical (unpaired) electrons. The van der Waals surface area contributed by atoms with Gasteiger partial charge in [0.05, 0.1) is 6.54 Å². The van der Waals surface area contributed by atoms with Crippen molar-refractivity contribution >= 4 is 0 Å². The van der Waals surface area contributed by atoms with Crippen LogP contribution in [0.2, 0.25) is 0 Å². The van der Waals surface area contributed by atoms with E-state index in [1.807, 2.05) is 0 Å². The van der Waals surface area contributed by atoms with Crippen LogP contribution in [0.25, 0.3) is 0 Å². The molecule has 0 heterocycles. The minimum atomic E-state index is -4.04. The van der Waals surface area contributed by atoms with Crippen LogP contribution in [0, 0.1) is 5.82 Å². The third-order valence-electron chi connectivity index (χ3n) is 1.92. The molecular formula is C10H10F5N. The van der Waals surface area contributed by atoms with E-state index in [9.17, 15) is 22.0 Å². The van der Waals surface area contributed by atoms with Crippen LogP contribution in [0.3, 0.4) is 0 Å². The van der Waals surface area contributed by atoms with Crippen molar-refractivity contribution < 1.29 is 22.0 Å². The van der Waals surface area contributed by atoms with Crippen molar-refractivity contribution in [1.82, 2.24) is 5.32 Å². The van der Waals surface area contributed by atoms with Crippen molar-refractivity contribution in [2.75, 3.05) is 6.54 Å². The summed E-state index contributed by atoms with van der Waals surface area (Å²) in [4.78, 5) is 0. The third kappa shape index (κ3) is 3.77. The zero-order valence-electron chi connectivity index (χ0n) is 8.19. The van der Waals surface area contributed by atoms with Crippen molar-refractivity contribution in [1.29, 1.82) is 0 Å². The highest BCUT2D eigenvalue weighted by atomic mass is 19.3. The lowest BCUT2D eigenvalue weighted by molar-refractivity contribution is -0.125. The van der Waals surface area contributed by atoms with Gasteiger partial charge >= 0.3 is 12.3 Å². The number of rotatable bonds is 5. The largest absolute Gasteiger partial charge is 0.319 e. The molecule has 0 aliphatic heterocycles. The Morgan fingerprint density at radius 3 is 2.19 bits per heavy atom. The normalized spacial score (nSPS) is 12.1. The summed E-state index contributed by atoms with van der Waals surface area (Å²) in [5.74, 6) is -4.48. The molecule has 0 aromatic heterocycles. The fourth-order valence-corrected chi connectivity index (χ4v) is 1.05. The predicted octanol–water partition coefficient (Wildman–Crippen LogP) is 2.82. The average Bonchev–Trinajstić information content (AvgIpc) is 2.20. The molecule has 16 heavy (non-hydrogen) atoms. The number of hydrogen-bond acceptors (Lipinski definition) is 1. The van der Waals surface area contributed by atoms with Crippen LogP contribution in [0.1, 0.15) is 5.56 Å². The van der Waals surface area contributed by atoms with Crippen molar-refractivity contribution in [3.05, 3.63) is 35.6 Å². The lowest BCUT2D eigenvalue weighted by Crippen LogP contribution is -2.38. The van der Waals surface area contributed by atoms with E-state index in [1.54, 1.807) is 0 Å². The van der Waals surface area contributed by atoms with Gasteiger partial charge in [-0.2, -0.15) is 8.78 Å². The van der Waals surface area contributed by atoms with Gasteiger partial charge in [0.1, 0.15) is 5.82 Å². The summed E-state index contributed by atoms with van der Waals surface area (Å²) in [6.45, 7) is -1.12. The van der Waals surface area contributed by atoms with Crippen molar-refractivity contribution in [2.45, 2.75) is 18.9 Å². The molecule has 1 nitrogen and oxygen atoms in total. The predicted molar refractivity (Wildman–Crippen MR) is 49.1 cm³/mol. The summed E-state index contributed by atoms with van der Waals surface area (Å²) in [7, 11) is 0. The van der Waals surface area contributed by atoms with Gasteiger partial charge in [-0.25, -0.2) is 13.2 Å². The second kappa shape index (κ2) is 5.25. The van der Waals surface area contributed by atoms with Gasteiger partial charge in [0, 0.05) is 6.54 Å². The Labute approximate surface area is 89.3 Å². The van der Waals surface area contributed by atoms with Crippen LogP contribution in [0.4, 0.5) is 22.0 Å². The van der Waals surface area contributed by atoms with Crippen LogP contribution >= 0.6 is 0 Å². The fourth-order valence-electron chi connectivity index (χ4n) is 1.05. The number of halogens is 5. The Bertz CT molecular complexity index is 322. The SMILES string of the molecule is Fc1ccc(CNCC(F)(F)C(F)F)cc1. The Kier molecular flexibility index (Phi) is 4.23. The summed E-state index contributed by atoms with van der Waals surface area (Å²) in [5, 5.41) is 2.19. The van der Waals surface area contributed by atoms with E-state index >= 15 is 0 Å². The van der Waals surface area contributed by atoms with Gasteiger partial charge in [0.15, 0.2) is 0 Å². The molecule has 0 atom stereocenters. The first-order valence-corrected chi connectivity index (χ1v) is 4.53. The smallest absolute Gasteiger partial charge is 0.307 e. The first-order valence-electron chi connectivity index (χ1n) is 4.53. The highest BCUT2D eigenvalue weighted by molar-refractivity contribution is 5.15. The Morgan fingerprint density at radius 2 is 1.69 bits per heavy atom. The highest BCUT2D eigenvalue weighted by Crippen LogP contribution is 2.21. The van der Waals surface area contributed by atoms with Gasteiger partial charge in [0.25, 0.3) is 0 Å². The molecule has 0 aliphatic carbocycles. The number of alkyl halides is 4. The molecule has 0 fully saturated rings. The van der Waals surface area contributed by atoms with E-state index in [0.717, 1.165) is 0 Å². The van der Waals surface area contributed by atoms with Crippen LogP contribution in [-0.4, -0.2) is 18.9 Å². The van der Waals surface area contributed by atoms with Gasteiger partial charge in [-0.15, -0.1) is 0 Å². The first kappa shape index (κ1) is 12.9. The molecule has 0 aliphatic rings. The van der Waals surface area contributed by atoms with E-state index in [1.165, 1.54) is 24.3 Å². The monoisotopic (exact) mass is 239 g/mol. The Hall–Kier alpha value is -1.17. The molecule has 90 valence electrons. The van der Waals surface area contributed by atoms with E-state index in [2.05, 4.69) is 5.32 Å². The van der Waals surface area contributed by atoms with Crippen molar-refractivity contribution in [2.24, 2.45) is 0 Å². The molecule has 0 unspecified atom stereocenters. The highest BCUT2D eigenvalue weighted by Gasteiger charge is 2.39. The quantitative estimate of drug-likeness (QED) is 0.779. The van der Waals surface area contributed by atoms with Crippen LogP contribution in [0.15, 0.2) is 24.3 Å². The standard InChI is InChI=1S/C10H10F5N/c11-8-3-1-7(2-4-8)5-16-6-10(14,15)9(12)13/h1-4,9,16H,5-6H2. The molecule has 0 amide bonds. The Balaban J connectivity index is 2.39. The minimum Gasteiger partial charge on any atom is -0.307 e. The van der Waals surface area contributed by atoms with Crippen molar-refractivity contribution in [3.8, 4) is 0 Å². The Morgan fingerprint density at radius 1 is 1.12 bits per heavy atom. The average molecular weight is 239 g/mol. The molecule has 0 spiro atoms. The summed E-state index contributed by atoms with van der Waals surface area (Å²) in [6, 6.07) is 5.12. The maximum Gasteiger partial charge on any atom is 0.319 e. The summed E-state index contributed by atoms with van der Waals surface area (Å²) in [5.41, 5.74) is 0.548. The van der Waals surface area contributed by atoms with Gasteiger partial charge in [-0.1, -0.05) is 12.1 Å². The molecular weight excluding hydrogens is 229 g/mol. The van der Waals surface area contributed by atoms with Crippen molar-refractivity contribution in [3.63, 3.8) is 0 Å². The molecule has 1 rings (SSSR count). The zero-order chi connectivity index (χ0) is 12.2.